The SMILES string of the molecule is NC(N)=NCCSCCO. The van der Waals surface area contributed by atoms with Crippen molar-refractivity contribution in [3.05, 3.63) is 0 Å². The molecule has 0 aromatic heterocycles. The molecule has 60 valence electrons. The van der Waals surface area contributed by atoms with E-state index in [-0.39, 0.29) is 12.6 Å². The van der Waals surface area contributed by atoms with Crippen LogP contribution in [0.25, 0.3) is 0 Å². The van der Waals surface area contributed by atoms with Crippen LogP contribution in [0.2, 0.25) is 0 Å². The Labute approximate surface area is 64.7 Å². The summed E-state index contributed by atoms with van der Waals surface area (Å²) in [6.07, 6.45) is 0. The summed E-state index contributed by atoms with van der Waals surface area (Å²) in [5.74, 6) is 1.74. The molecule has 0 fully saturated rings. The summed E-state index contributed by atoms with van der Waals surface area (Å²) in [6.45, 7) is 0.847. The molecule has 0 radical (unpaired) electrons. The number of hydrogen-bond donors (Lipinski definition) is 3. The van der Waals surface area contributed by atoms with Crippen molar-refractivity contribution in [2.45, 2.75) is 0 Å². The Morgan fingerprint density at radius 1 is 1.40 bits per heavy atom. The molecule has 5 N–H and O–H groups in total. The molecular formula is C5H13N3OS. The number of aliphatic hydroxyl groups is 1. The molecule has 0 saturated heterocycles. The van der Waals surface area contributed by atoms with Crippen molar-refractivity contribution >= 4 is 17.7 Å². The van der Waals surface area contributed by atoms with E-state index in [0.29, 0.717) is 6.54 Å². The second-order valence-corrected chi connectivity index (χ2v) is 2.87. The summed E-state index contributed by atoms with van der Waals surface area (Å²) < 4.78 is 0. The van der Waals surface area contributed by atoms with Gasteiger partial charge in [0.05, 0.1) is 13.2 Å². The van der Waals surface area contributed by atoms with Crippen molar-refractivity contribution in [3.8, 4) is 0 Å². The maximum absolute atomic E-state index is 8.37. The van der Waals surface area contributed by atoms with Gasteiger partial charge in [-0.2, -0.15) is 11.8 Å². The van der Waals surface area contributed by atoms with Gasteiger partial charge in [0.1, 0.15) is 0 Å². The van der Waals surface area contributed by atoms with Crippen molar-refractivity contribution < 1.29 is 5.11 Å². The summed E-state index contributed by atoms with van der Waals surface area (Å²) in [5, 5.41) is 8.37. The number of thioether (sulfide) groups is 1. The third-order valence-corrected chi connectivity index (χ3v) is 1.71. The first-order chi connectivity index (χ1) is 4.77. The van der Waals surface area contributed by atoms with Gasteiger partial charge < -0.3 is 16.6 Å². The summed E-state index contributed by atoms with van der Waals surface area (Å²) in [6, 6.07) is 0. The topological polar surface area (TPSA) is 84.6 Å². The van der Waals surface area contributed by atoms with Crippen molar-refractivity contribution in [1.82, 2.24) is 0 Å². The van der Waals surface area contributed by atoms with Crippen LogP contribution < -0.4 is 11.5 Å². The van der Waals surface area contributed by atoms with Crippen molar-refractivity contribution in [3.63, 3.8) is 0 Å². The highest BCUT2D eigenvalue weighted by Gasteiger charge is 1.85. The second kappa shape index (κ2) is 6.70. The number of guanidine groups is 1. The first kappa shape index (κ1) is 9.58. The molecule has 0 aliphatic rings. The number of nitrogens with zero attached hydrogens (tertiary/aromatic N) is 1. The fraction of sp³-hybridized carbons (Fsp3) is 0.800. The van der Waals surface area contributed by atoms with Crippen molar-refractivity contribution in [1.29, 1.82) is 0 Å². The third-order valence-electron chi connectivity index (χ3n) is 0.766. The van der Waals surface area contributed by atoms with E-state index in [1.54, 1.807) is 11.8 Å². The molecule has 0 saturated carbocycles. The summed E-state index contributed by atoms with van der Waals surface area (Å²) in [5.41, 5.74) is 10.2. The van der Waals surface area contributed by atoms with Crippen LogP contribution in [0.5, 0.6) is 0 Å². The Bertz CT molecular complexity index is 103. The Balaban J connectivity index is 2.98. The quantitative estimate of drug-likeness (QED) is 0.275. The minimum absolute atomic E-state index is 0.129. The molecular weight excluding hydrogens is 150 g/mol. The van der Waals surface area contributed by atoms with Crippen LogP contribution in [0.1, 0.15) is 0 Å². The zero-order chi connectivity index (χ0) is 7.82. The van der Waals surface area contributed by atoms with Gasteiger partial charge in [0, 0.05) is 11.5 Å². The third kappa shape index (κ3) is 7.58. The molecule has 0 aliphatic heterocycles. The van der Waals surface area contributed by atoms with E-state index in [4.69, 9.17) is 16.6 Å². The minimum atomic E-state index is 0.129. The number of aliphatic hydroxyl groups excluding tert-OH is 1. The van der Waals surface area contributed by atoms with Gasteiger partial charge in [-0.15, -0.1) is 0 Å². The van der Waals surface area contributed by atoms with Crippen LogP contribution in [0.4, 0.5) is 0 Å². The second-order valence-electron chi connectivity index (χ2n) is 1.64. The molecule has 0 aromatic rings. The Kier molecular flexibility index (Phi) is 6.42. The van der Waals surface area contributed by atoms with E-state index < -0.39 is 0 Å². The van der Waals surface area contributed by atoms with Crippen LogP contribution in [-0.2, 0) is 0 Å². The largest absolute Gasteiger partial charge is 0.396 e. The van der Waals surface area contributed by atoms with Gasteiger partial charge in [0.2, 0.25) is 0 Å². The molecule has 0 rings (SSSR count). The average molecular weight is 163 g/mol. The number of rotatable bonds is 5. The summed E-state index contributed by atoms with van der Waals surface area (Å²) in [4.78, 5) is 3.77. The zero-order valence-corrected chi connectivity index (χ0v) is 6.60. The van der Waals surface area contributed by atoms with Crippen LogP contribution in [0.15, 0.2) is 4.99 Å². The highest BCUT2D eigenvalue weighted by Crippen LogP contribution is 1.96. The van der Waals surface area contributed by atoms with Gasteiger partial charge in [-0.05, 0) is 0 Å². The Morgan fingerprint density at radius 2 is 2.10 bits per heavy atom. The fourth-order valence-corrected chi connectivity index (χ4v) is 0.960. The van der Waals surface area contributed by atoms with Crippen molar-refractivity contribution in [2.24, 2.45) is 16.5 Å². The predicted molar refractivity (Wildman–Crippen MR) is 45.1 cm³/mol. The molecule has 0 spiro atoms. The van der Waals surface area contributed by atoms with Crippen LogP contribution >= 0.6 is 11.8 Å². The first-order valence-corrected chi connectivity index (χ1v) is 4.17. The van der Waals surface area contributed by atoms with E-state index in [2.05, 4.69) is 4.99 Å². The van der Waals surface area contributed by atoms with Gasteiger partial charge >= 0.3 is 0 Å². The lowest BCUT2D eigenvalue weighted by Crippen LogP contribution is -2.23. The average Bonchev–Trinajstić information content (AvgIpc) is 1.87. The molecule has 0 amide bonds. The highest BCUT2D eigenvalue weighted by atomic mass is 32.2. The smallest absolute Gasteiger partial charge is 0.185 e. The Hall–Kier alpha value is -0.420. The summed E-state index contributed by atoms with van der Waals surface area (Å²) in [7, 11) is 0. The summed E-state index contributed by atoms with van der Waals surface area (Å²) >= 11 is 1.63. The van der Waals surface area contributed by atoms with E-state index in [1.165, 1.54) is 0 Å². The maximum Gasteiger partial charge on any atom is 0.185 e. The van der Waals surface area contributed by atoms with E-state index in [9.17, 15) is 0 Å². The molecule has 0 aliphatic carbocycles. The molecule has 10 heavy (non-hydrogen) atoms. The van der Waals surface area contributed by atoms with Crippen LogP contribution in [0, 0.1) is 0 Å². The van der Waals surface area contributed by atoms with Gasteiger partial charge in [-0.25, -0.2) is 0 Å². The maximum atomic E-state index is 8.37. The van der Waals surface area contributed by atoms with E-state index >= 15 is 0 Å². The standard InChI is InChI=1S/C5H13N3OS/c6-5(7)8-1-3-10-4-2-9/h9H,1-4H2,(H4,6,7,8). The molecule has 0 unspecified atom stereocenters. The van der Waals surface area contributed by atoms with Crippen molar-refractivity contribution in [2.75, 3.05) is 24.7 Å². The molecule has 0 bridgehead atoms. The highest BCUT2D eigenvalue weighted by molar-refractivity contribution is 7.99. The number of nitrogens with two attached hydrogens (primary N) is 2. The monoisotopic (exact) mass is 163 g/mol. The lowest BCUT2D eigenvalue weighted by atomic mass is 10.8. The van der Waals surface area contributed by atoms with E-state index in [0.717, 1.165) is 11.5 Å². The number of hydrogen-bond acceptors (Lipinski definition) is 3. The fourth-order valence-electron chi connectivity index (χ4n) is 0.406. The van der Waals surface area contributed by atoms with Crippen LogP contribution in [-0.4, -0.2) is 35.7 Å². The molecule has 0 atom stereocenters. The molecule has 0 aromatic carbocycles. The van der Waals surface area contributed by atoms with Crippen LogP contribution in [0.3, 0.4) is 0 Å². The Morgan fingerprint density at radius 3 is 2.60 bits per heavy atom. The number of aliphatic imine (C=N–C) groups is 1. The van der Waals surface area contributed by atoms with Gasteiger partial charge in [-0.3, -0.25) is 4.99 Å². The van der Waals surface area contributed by atoms with Gasteiger partial charge in [0.15, 0.2) is 5.96 Å². The lowest BCUT2D eigenvalue weighted by Gasteiger charge is -1.94. The molecule has 0 heterocycles. The molecule has 4 nitrogen and oxygen atoms in total. The minimum Gasteiger partial charge on any atom is -0.396 e. The first-order valence-electron chi connectivity index (χ1n) is 3.01. The zero-order valence-electron chi connectivity index (χ0n) is 5.79. The lowest BCUT2D eigenvalue weighted by molar-refractivity contribution is 0.322. The van der Waals surface area contributed by atoms with Gasteiger partial charge in [-0.1, -0.05) is 0 Å². The normalized spacial score (nSPS) is 9.30. The van der Waals surface area contributed by atoms with Gasteiger partial charge in [0.25, 0.3) is 0 Å². The predicted octanol–water partition coefficient (Wildman–Crippen LogP) is -1.01. The van der Waals surface area contributed by atoms with E-state index in [1.807, 2.05) is 0 Å². The molecule has 5 heteroatoms.